The van der Waals surface area contributed by atoms with Crippen molar-refractivity contribution in [1.29, 1.82) is 5.26 Å². The average Bonchev–Trinajstić information content (AvgIpc) is 2.55. The van der Waals surface area contributed by atoms with Crippen LogP contribution >= 0.6 is 0 Å². The van der Waals surface area contributed by atoms with Gasteiger partial charge in [0.2, 0.25) is 0 Å². The van der Waals surface area contributed by atoms with E-state index in [-0.39, 0.29) is 11.3 Å². The molecule has 116 valence electrons. The van der Waals surface area contributed by atoms with E-state index in [2.05, 4.69) is 5.32 Å². The highest BCUT2D eigenvalue weighted by atomic mass is 16.5. The third-order valence-corrected chi connectivity index (χ3v) is 3.02. The number of carbonyl (C=O) groups is 2. The highest BCUT2D eigenvalue weighted by molar-refractivity contribution is 5.97. The van der Waals surface area contributed by atoms with Crippen LogP contribution in [0.25, 0.3) is 0 Å². The third-order valence-electron chi connectivity index (χ3n) is 3.02. The predicted octanol–water partition coefficient (Wildman–Crippen LogP) is 2.45. The molecular formula is C17H14N2O4. The first-order chi connectivity index (χ1) is 11.0. The molecule has 0 unspecified atom stereocenters. The zero-order chi connectivity index (χ0) is 16.8. The second kappa shape index (κ2) is 7.09. The number of hydrogen-bond donors (Lipinski definition) is 2. The van der Waals surface area contributed by atoms with E-state index < -0.39 is 18.0 Å². The van der Waals surface area contributed by atoms with Crippen molar-refractivity contribution in [2.24, 2.45) is 0 Å². The molecule has 2 N–H and O–H groups in total. The molecule has 0 fully saturated rings. The van der Waals surface area contributed by atoms with Gasteiger partial charge in [-0.1, -0.05) is 6.07 Å². The molecule has 1 atom stereocenters. The summed E-state index contributed by atoms with van der Waals surface area (Å²) >= 11 is 0. The monoisotopic (exact) mass is 310 g/mol. The number of rotatable bonds is 4. The fraction of sp³-hybridized carbons (Fsp3) is 0.118. The van der Waals surface area contributed by atoms with E-state index in [1.54, 1.807) is 18.2 Å². The molecule has 2 rings (SSSR count). The maximum Gasteiger partial charge on any atom is 0.338 e. The van der Waals surface area contributed by atoms with Gasteiger partial charge in [-0.15, -0.1) is 0 Å². The van der Waals surface area contributed by atoms with E-state index in [0.717, 1.165) is 0 Å². The van der Waals surface area contributed by atoms with Crippen molar-refractivity contribution in [3.05, 3.63) is 59.7 Å². The van der Waals surface area contributed by atoms with Gasteiger partial charge in [-0.25, -0.2) is 4.79 Å². The topological polar surface area (TPSA) is 99.4 Å². The highest BCUT2D eigenvalue weighted by Crippen LogP contribution is 2.13. The fourth-order valence-electron chi connectivity index (χ4n) is 1.79. The van der Waals surface area contributed by atoms with Crippen LogP contribution in [0.1, 0.15) is 22.8 Å². The summed E-state index contributed by atoms with van der Waals surface area (Å²) < 4.78 is 5.07. The van der Waals surface area contributed by atoms with Crippen LogP contribution in [0.5, 0.6) is 5.75 Å². The first-order valence-electron chi connectivity index (χ1n) is 6.80. The van der Waals surface area contributed by atoms with Crippen molar-refractivity contribution in [1.82, 2.24) is 0 Å². The minimum Gasteiger partial charge on any atom is -0.508 e. The van der Waals surface area contributed by atoms with E-state index in [9.17, 15) is 14.7 Å². The van der Waals surface area contributed by atoms with Gasteiger partial charge in [-0.05, 0) is 49.4 Å². The van der Waals surface area contributed by atoms with Crippen molar-refractivity contribution in [3.8, 4) is 11.8 Å². The van der Waals surface area contributed by atoms with Gasteiger partial charge in [-0.3, -0.25) is 4.79 Å². The van der Waals surface area contributed by atoms with Gasteiger partial charge in [-0.2, -0.15) is 5.26 Å². The maximum absolute atomic E-state index is 12.0. The van der Waals surface area contributed by atoms with Crippen LogP contribution in [0.2, 0.25) is 0 Å². The van der Waals surface area contributed by atoms with Crippen molar-refractivity contribution in [2.45, 2.75) is 13.0 Å². The second-order valence-electron chi connectivity index (χ2n) is 4.78. The Morgan fingerprint density at radius 2 is 1.91 bits per heavy atom. The molecule has 0 aliphatic rings. The van der Waals surface area contributed by atoms with Crippen LogP contribution in [0, 0.1) is 11.3 Å². The van der Waals surface area contributed by atoms with Crippen LogP contribution in [0.3, 0.4) is 0 Å². The predicted molar refractivity (Wildman–Crippen MR) is 82.8 cm³/mol. The first kappa shape index (κ1) is 16.0. The Balaban J connectivity index is 1.98. The summed E-state index contributed by atoms with van der Waals surface area (Å²) in [6, 6.07) is 13.9. The number of phenolic OH excluding ortho intramolecular Hbond substituents is 1. The number of esters is 1. The highest BCUT2D eigenvalue weighted by Gasteiger charge is 2.19. The van der Waals surface area contributed by atoms with Crippen LogP contribution in [-0.4, -0.2) is 23.1 Å². The van der Waals surface area contributed by atoms with Gasteiger partial charge < -0.3 is 15.2 Å². The zero-order valence-electron chi connectivity index (χ0n) is 12.3. The van der Waals surface area contributed by atoms with E-state index >= 15 is 0 Å². The van der Waals surface area contributed by atoms with Gasteiger partial charge in [0.25, 0.3) is 5.91 Å². The summed E-state index contributed by atoms with van der Waals surface area (Å²) in [5.74, 6) is -1.14. The van der Waals surface area contributed by atoms with E-state index in [4.69, 9.17) is 10.00 Å². The molecule has 0 aliphatic heterocycles. The molecule has 6 nitrogen and oxygen atoms in total. The molecule has 0 radical (unpaired) electrons. The average molecular weight is 310 g/mol. The summed E-state index contributed by atoms with van der Waals surface area (Å²) in [4.78, 5) is 23.9. The molecule has 0 spiro atoms. The van der Waals surface area contributed by atoms with Crippen LogP contribution < -0.4 is 5.32 Å². The van der Waals surface area contributed by atoms with Crippen molar-refractivity contribution in [3.63, 3.8) is 0 Å². The number of phenols is 1. The van der Waals surface area contributed by atoms with Crippen LogP contribution in [0.15, 0.2) is 48.5 Å². The van der Waals surface area contributed by atoms with Crippen LogP contribution in [-0.2, 0) is 9.53 Å². The van der Waals surface area contributed by atoms with Crippen molar-refractivity contribution < 1.29 is 19.4 Å². The summed E-state index contributed by atoms with van der Waals surface area (Å²) in [5.41, 5.74) is 1.09. The second-order valence-corrected chi connectivity index (χ2v) is 4.78. The Labute approximate surface area is 132 Å². The van der Waals surface area contributed by atoms with Crippen molar-refractivity contribution >= 4 is 17.6 Å². The van der Waals surface area contributed by atoms with Crippen molar-refractivity contribution in [2.75, 3.05) is 5.32 Å². The lowest BCUT2D eigenvalue weighted by atomic mass is 10.2. The number of hydrogen-bond acceptors (Lipinski definition) is 5. The Hall–Kier alpha value is -3.33. The molecule has 0 saturated carbocycles. The van der Waals surface area contributed by atoms with Gasteiger partial charge in [0, 0.05) is 5.69 Å². The Morgan fingerprint density at radius 1 is 1.22 bits per heavy atom. The number of nitriles is 1. The van der Waals surface area contributed by atoms with Gasteiger partial charge >= 0.3 is 5.97 Å². The fourth-order valence-corrected chi connectivity index (χ4v) is 1.79. The number of aromatic hydroxyl groups is 1. The number of carbonyl (C=O) groups excluding carboxylic acids is 2. The molecule has 0 aromatic heterocycles. The summed E-state index contributed by atoms with van der Waals surface area (Å²) in [5, 5.41) is 20.6. The minimum absolute atomic E-state index is 0.0321. The molecular weight excluding hydrogens is 296 g/mol. The Kier molecular flexibility index (Phi) is 4.95. The summed E-state index contributed by atoms with van der Waals surface area (Å²) in [7, 11) is 0. The molecule has 2 aromatic carbocycles. The Bertz CT molecular complexity index is 763. The van der Waals surface area contributed by atoms with E-state index in [0.29, 0.717) is 11.3 Å². The molecule has 23 heavy (non-hydrogen) atoms. The first-order valence-corrected chi connectivity index (χ1v) is 6.80. The Morgan fingerprint density at radius 3 is 2.57 bits per heavy atom. The smallest absolute Gasteiger partial charge is 0.338 e. The molecule has 6 heteroatoms. The standard InChI is InChI=1S/C17H14N2O4/c1-11(23-17(22)13-5-7-15(20)8-6-13)16(21)19-14-4-2-3-12(9-14)10-18/h2-9,11,20H,1H3,(H,19,21)/t11-/m1/s1. The maximum atomic E-state index is 12.0. The lowest BCUT2D eigenvalue weighted by molar-refractivity contribution is -0.123. The number of nitrogens with one attached hydrogen (secondary N) is 1. The largest absolute Gasteiger partial charge is 0.508 e. The van der Waals surface area contributed by atoms with Crippen LogP contribution in [0.4, 0.5) is 5.69 Å². The van der Waals surface area contributed by atoms with E-state index in [1.165, 1.54) is 37.3 Å². The molecule has 2 aromatic rings. The normalized spacial score (nSPS) is 11.1. The lowest BCUT2D eigenvalue weighted by Crippen LogP contribution is -2.30. The number of benzene rings is 2. The van der Waals surface area contributed by atoms with Gasteiger partial charge in [0.15, 0.2) is 6.10 Å². The van der Waals surface area contributed by atoms with Gasteiger partial charge in [0.1, 0.15) is 5.75 Å². The third kappa shape index (κ3) is 4.32. The van der Waals surface area contributed by atoms with E-state index in [1.807, 2.05) is 6.07 Å². The number of nitrogens with zero attached hydrogens (tertiary/aromatic N) is 1. The molecule has 0 aliphatic carbocycles. The molecule has 0 heterocycles. The SMILES string of the molecule is C[C@@H](OC(=O)c1ccc(O)cc1)C(=O)Nc1cccc(C#N)c1. The lowest BCUT2D eigenvalue weighted by Gasteiger charge is -2.13. The quantitative estimate of drug-likeness (QED) is 0.845. The van der Waals surface area contributed by atoms with Gasteiger partial charge in [0.05, 0.1) is 17.2 Å². The number of ether oxygens (including phenoxy) is 1. The summed E-state index contributed by atoms with van der Waals surface area (Å²) in [6.07, 6.45) is -1.01. The minimum atomic E-state index is -1.01. The summed E-state index contributed by atoms with van der Waals surface area (Å²) in [6.45, 7) is 1.45. The zero-order valence-corrected chi connectivity index (χ0v) is 12.3. The number of anilines is 1. The number of amides is 1. The molecule has 0 saturated heterocycles. The molecule has 1 amide bonds. The molecule has 0 bridgehead atoms.